The summed E-state index contributed by atoms with van der Waals surface area (Å²) < 4.78 is 12.6. The van der Waals surface area contributed by atoms with Crippen LogP contribution in [0.15, 0.2) is 17.3 Å². The Kier molecular flexibility index (Phi) is 6.76. The zero-order chi connectivity index (χ0) is 22.9. The highest BCUT2D eigenvalue weighted by atomic mass is 127. The van der Waals surface area contributed by atoms with Gasteiger partial charge in [-0.3, -0.25) is 9.69 Å². The number of rotatable bonds is 7. The van der Waals surface area contributed by atoms with Crippen LogP contribution in [-0.4, -0.2) is 71.7 Å². The van der Waals surface area contributed by atoms with Gasteiger partial charge in [0.05, 0.1) is 28.6 Å². The summed E-state index contributed by atoms with van der Waals surface area (Å²) in [5.74, 6) is 1.99. The number of ether oxygens (including phenoxy) is 2. The lowest BCUT2D eigenvalue weighted by Crippen LogP contribution is -2.61. The number of carboxylic acids is 1. The van der Waals surface area contributed by atoms with Crippen molar-refractivity contribution in [1.82, 2.24) is 9.80 Å². The van der Waals surface area contributed by atoms with Gasteiger partial charge in [0.25, 0.3) is 0 Å². The molecule has 0 amide bonds. The first-order chi connectivity index (χ1) is 15.3. The summed E-state index contributed by atoms with van der Waals surface area (Å²) in [6.07, 6.45) is 2.06. The van der Waals surface area contributed by atoms with Gasteiger partial charge in [-0.1, -0.05) is 5.16 Å². The lowest BCUT2D eigenvalue weighted by Gasteiger charge is -2.45. The average Bonchev–Trinajstić information content (AvgIpc) is 3.17. The number of hydrogen-bond acceptors (Lipinski definition) is 7. The van der Waals surface area contributed by atoms with Gasteiger partial charge in [-0.2, -0.15) is 0 Å². The summed E-state index contributed by atoms with van der Waals surface area (Å²) in [6.45, 7) is 10.9. The molecule has 8 nitrogen and oxygen atoms in total. The van der Waals surface area contributed by atoms with E-state index >= 15 is 0 Å². The van der Waals surface area contributed by atoms with E-state index in [0.29, 0.717) is 39.1 Å². The van der Waals surface area contributed by atoms with Crippen LogP contribution >= 0.6 is 22.6 Å². The summed E-state index contributed by atoms with van der Waals surface area (Å²) in [5, 5.41) is 13.8. The fourth-order valence-corrected chi connectivity index (χ4v) is 5.31. The zero-order valence-electron chi connectivity index (χ0n) is 19.0. The molecule has 0 aromatic heterocycles. The molecular formula is C23H32IN3O5. The summed E-state index contributed by atoms with van der Waals surface area (Å²) in [5.41, 5.74) is 0.281. The minimum atomic E-state index is -0.705. The quantitative estimate of drug-likeness (QED) is 0.514. The van der Waals surface area contributed by atoms with Crippen molar-refractivity contribution in [3.8, 4) is 11.5 Å². The first kappa shape index (κ1) is 23.4. The summed E-state index contributed by atoms with van der Waals surface area (Å²) in [6, 6.07) is 4.20. The van der Waals surface area contributed by atoms with E-state index in [1.165, 1.54) is 0 Å². The number of hydrogen-bond donors (Lipinski definition) is 1. The molecule has 1 spiro atoms. The van der Waals surface area contributed by atoms with Crippen molar-refractivity contribution >= 4 is 34.4 Å². The smallest absolute Gasteiger partial charge is 0.309 e. The van der Waals surface area contributed by atoms with E-state index in [9.17, 15) is 9.90 Å². The molecule has 9 heteroatoms. The molecule has 32 heavy (non-hydrogen) atoms. The standard InChI is InChI=1S/C23H32IN3O5/c1-4-30-17-10-16(11-18(20(17)24)31-5-2)13-26-14-23(15-26)12-19(25-32-23)27-8-6-22(3,7-9-27)21(28)29/h10-11H,4-9,12-15H2,1-3H3,(H,28,29). The van der Waals surface area contributed by atoms with Crippen molar-refractivity contribution in [2.75, 3.05) is 39.4 Å². The molecule has 1 aromatic carbocycles. The minimum absolute atomic E-state index is 0.252. The van der Waals surface area contributed by atoms with Gasteiger partial charge >= 0.3 is 5.97 Å². The summed E-state index contributed by atoms with van der Waals surface area (Å²) in [4.78, 5) is 21.9. The maximum absolute atomic E-state index is 11.5. The average molecular weight is 557 g/mol. The number of benzene rings is 1. The van der Waals surface area contributed by atoms with E-state index in [2.05, 4.69) is 49.7 Å². The van der Waals surface area contributed by atoms with Gasteiger partial charge in [0.2, 0.25) is 0 Å². The Morgan fingerprint density at radius 1 is 1.19 bits per heavy atom. The Morgan fingerprint density at radius 2 is 1.78 bits per heavy atom. The van der Waals surface area contributed by atoms with Gasteiger partial charge in [-0.15, -0.1) is 0 Å². The topological polar surface area (TPSA) is 83.8 Å². The number of carboxylic acid groups (broad SMARTS) is 1. The lowest BCUT2D eigenvalue weighted by atomic mass is 9.80. The Balaban J connectivity index is 1.32. The van der Waals surface area contributed by atoms with E-state index < -0.39 is 11.4 Å². The minimum Gasteiger partial charge on any atom is -0.493 e. The van der Waals surface area contributed by atoms with Crippen molar-refractivity contribution in [1.29, 1.82) is 0 Å². The van der Waals surface area contributed by atoms with Gasteiger partial charge < -0.3 is 24.3 Å². The van der Waals surface area contributed by atoms with Crippen molar-refractivity contribution < 1.29 is 24.2 Å². The van der Waals surface area contributed by atoms with E-state index in [0.717, 1.165) is 52.5 Å². The summed E-state index contributed by atoms with van der Waals surface area (Å²) >= 11 is 2.28. The van der Waals surface area contributed by atoms with Crippen LogP contribution in [0.3, 0.4) is 0 Å². The largest absolute Gasteiger partial charge is 0.493 e. The van der Waals surface area contributed by atoms with Crippen molar-refractivity contribution in [3.63, 3.8) is 0 Å². The number of carbonyl (C=O) groups is 1. The van der Waals surface area contributed by atoms with Gasteiger partial charge in [0, 0.05) is 32.7 Å². The van der Waals surface area contributed by atoms with E-state index in [1.54, 1.807) is 0 Å². The normalized spacial score (nSPS) is 21.6. The molecule has 176 valence electrons. The maximum atomic E-state index is 11.5. The fourth-order valence-electron chi connectivity index (χ4n) is 4.69. The van der Waals surface area contributed by atoms with E-state index in [1.807, 2.05) is 20.8 Å². The molecule has 1 N–H and O–H groups in total. The molecule has 3 aliphatic heterocycles. The van der Waals surface area contributed by atoms with Crippen LogP contribution in [0.25, 0.3) is 0 Å². The first-order valence-electron chi connectivity index (χ1n) is 11.3. The van der Waals surface area contributed by atoms with Crippen LogP contribution < -0.4 is 9.47 Å². The monoisotopic (exact) mass is 557 g/mol. The molecule has 0 aliphatic carbocycles. The lowest BCUT2D eigenvalue weighted by molar-refractivity contribution is -0.150. The van der Waals surface area contributed by atoms with Gasteiger partial charge in [-0.25, -0.2) is 0 Å². The molecule has 1 aromatic rings. The molecule has 3 aliphatic rings. The second-order valence-electron chi connectivity index (χ2n) is 9.23. The Morgan fingerprint density at radius 3 is 2.31 bits per heavy atom. The second-order valence-corrected chi connectivity index (χ2v) is 10.3. The first-order valence-corrected chi connectivity index (χ1v) is 12.4. The molecule has 2 fully saturated rings. The third-order valence-electron chi connectivity index (χ3n) is 6.67. The molecule has 0 radical (unpaired) electrons. The third-order valence-corrected chi connectivity index (χ3v) is 7.73. The number of halogens is 1. The van der Waals surface area contributed by atoms with Crippen molar-refractivity contribution in [2.24, 2.45) is 10.6 Å². The van der Waals surface area contributed by atoms with Gasteiger partial charge in [0.1, 0.15) is 17.3 Å². The van der Waals surface area contributed by atoms with Crippen LogP contribution in [0.2, 0.25) is 0 Å². The number of aliphatic carboxylic acids is 1. The highest BCUT2D eigenvalue weighted by molar-refractivity contribution is 14.1. The highest BCUT2D eigenvalue weighted by Gasteiger charge is 2.51. The third kappa shape index (κ3) is 4.64. The molecule has 4 rings (SSSR count). The maximum Gasteiger partial charge on any atom is 0.309 e. The fraction of sp³-hybridized carbons (Fsp3) is 0.652. The highest BCUT2D eigenvalue weighted by Crippen LogP contribution is 2.39. The molecular weight excluding hydrogens is 525 g/mol. The van der Waals surface area contributed by atoms with Crippen LogP contribution in [-0.2, 0) is 16.2 Å². The number of nitrogens with zero attached hydrogens (tertiary/aromatic N) is 3. The Bertz CT molecular complexity index is 865. The van der Waals surface area contributed by atoms with Gasteiger partial charge in [0.15, 0.2) is 5.60 Å². The molecule has 0 saturated carbocycles. The van der Waals surface area contributed by atoms with Gasteiger partial charge in [-0.05, 0) is 73.9 Å². The van der Waals surface area contributed by atoms with Crippen molar-refractivity contribution in [3.05, 3.63) is 21.3 Å². The van der Waals surface area contributed by atoms with Crippen molar-refractivity contribution in [2.45, 2.75) is 52.2 Å². The SMILES string of the molecule is CCOc1cc(CN2CC3(CC(N4CCC(C)(C(=O)O)CC4)=NO3)C2)cc(OCC)c1I. The van der Waals surface area contributed by atoms with Crippen LogP contribution in [0.5, 0.6) is 11.5 Å². The van der Waals surface area contributed by atoms with E-state index in [-0.39, 0.29) is 5.60 Å². The number of amidine groups is 1. The zero-order valence-corrected chi connectivity index (χ0v) is 21.2. The predicted molar refractivity (Wildman–Crippen MR) is 129 cm³/mol. The number of oxime groups is 1. The molecule has 2 saturated heterocycles. The molecule has 0 unspecified atom stereocenters. The van der Waals surface area contributed by atoms with Crippen LogP contribution in [0, 0.1) is 8.99 Å². The van der Waals surface area contributed by atoms with E-state index in [4.69, 9.17) is 14.3 Å². The Hall–Kier alpha value is -1.75. The summed E-state index contributed by atoms with van der Waals surface area (Å²) in [7, 11) is 0. The van der Waals surface area contributed by atoms with Crippen LogP contribution in [0.1, 0.15) is 45.6 Å². The molecule has 3 heterocycles. The number of likely N-dealkylation sites (tertiary alicyclic amines) is 2. The molecule has 0 atom stereocenters. The predicted octanol–water partition coefficient (Wildman–Crippen LogP) is 3.56. The second kappa shape index (κ2) is 9.24. The molecule has 0 bridgehead atoms. The van der Waals surface area contributed by atoms with Crippen LogP contribution in [0.4, 0.5) is 0 Å². The number of piperidine rings is 1. The Labute approximate surface area is 203 Å².